The molecule has 0 aliphatic rings. The molecule has 0 saturated heterocycles. The molecule has 2 aromatic carbocycles. The quantitative estimate of drug-likeness (QED) is 0.0538. The molecule has 6 rings (SSSR count). The minimum absolute atomic E-state index is 0.0380. The van der Waals surface area contributed by atoms with Crippen molar-refractivity contribution in [2.45, 2.75) is 36.6 Å². The van der Waals surface area contributed by atoms with Gasteiger partial charge in [-0.1, -0.05) is 45.8 Å². The van der Waals surface area contributed by atoms with Crippen molar-refractivity contribution in [2.24, 2.45) is 14.1 Å². The molecule has 35 heteroatoms. The van der Waals surface area contributed by atoms with E-state index in [2.05, 4.69) is 30.8 Å². The maximum atomic E-state index is 13.8. The molecule has 2 radical (unpaired) electrons. The summed E-state index contributed by atoms with van der Waals surface area (Å²) in [6.45, 7) is 0. The van der Waals surface area contributed by atoms with E-state index in [0.29, 0.717) is 11.7 Å². The van der Waals surface area contributed by atoms with E-state index in [1.165, 1.54) is 24.3 Å². The maximum absolute atomic E-state index is 13.8. The van der Waals surface area contributed by atoms with Gasteiger partial charge in [-0.25, -0.2) is 18.7 Å². The average Bonchev–Trinajstić information content (AvgIpc) is 3.97. The molecule has 0 saturated carbocycles. The van der Waals surface area contributed by atoms with Crippen molar-refractivity contribution in [3.63, 3.8) is 0 Å². The first-order valence-corrected chi connectivity index (χ1v) is 24.1. The Hall–Kier alpha value is -4.82. The molecule has 352 valence electrons. The van der Waals surface area contributed by atoms with Crippen LogP contribution in [0.15, 0.2) is 48.8 Å². The summed E-state index contributed by atoms with van der Waals surface area (Å²) in [6, 6.07) is 7.34. The molecule has 0 aliphatic heterocycles. The predicted octanol–water partition coefficient (Wildman–Crippen LogP) is 10.5. The van der Waals surface area contributed by atoms with Gasteiger partial charge >= 0.3 is 73.3 Å². The van der Waals surface area contributed by atoms with Crippen LogP contribution >= 0.6 is 41.0 Å². The van der Waals surface area contributed by atoms with Crippen molar-refractivity contribution < 1.29 is 75.2 Å². The molecule has 0 aliphatic carbocycles. The number of anilines is 1. The van der Waals surface area contributed by atoms with Crippen molar-refractivity contribution in [3.8, 4) is 34.2 Å². The molecule has 65 heavy (non-hydrogen) atoms. The number of aryl methyl sites for hydroxylation is 2. The fourth-order valence-electron chi connectivity index (χ4n) is 5.30. The zero-order valence-electron chi connectivity index (χ0n) is 31.0. The zero-order valence-corrected chi connectivity index (χ0v) is 36.9. The normalized spacial score (nSPS) is 12.7. The van der Waals surface area contributed by atoms with E-state index in [1.807, 2.05) is 0 Å². The van der Waals surface area contributed by atoms with Gasteiger partial charge in [-0.15, -0.1) is 10.2 Å². The summed E-state index contributed by atoms with van der Waals surface area (Å²) in [4.78, 5) is 10.1. The van der Waals surface area contributed by atoms with Crippen LogP contribution in [-0.4, -0.2) is 85.7 Å². The molecule has 0 fully saturated rings. The van der Waals surface area contributed by atoms with Gasteiger partial charge in [-0.2, -0.15) is 80.4 Å². The molecule has 2 N–H and O–H groups in total. The minimum atomic E-state index is -6.35. The van der Waals surface area contributed by atoms with Crippen LogP contribution in [0.3, 0.4) is 0 Å². The van der Waals surface area contributed by atoms with Gasteiger partial charge in [-0.3, -0.25) is 10.1 Å². The van der Waals surface area contributed by atoms with Gasteiger partial charge in [0.25, 0.3) is 5.69 Å². The predicted molar refractivity (Wildman–Crippen MR) is 196 cm³/mol. The van der Waals surface area contributed by atoms with E-state index in [9.17, 15) is 80.4 Å². The van der Waals surface area contributed by atoms with Crippen molar-refractivity contribution in [1.82, 2.24) is 49.5 Å². The molecule has 0 amide bonds. The topological polar surface area (TPSA) is 166 Å². The number of nitrogen functional groups attached to an aromatic ring is 1. The number of nitro benzene ring substituents is 1. The second kappa shape index (κ2) is 18.8. The third kappa shape index (κ3) is 10.9. The van der Waals surface area contributed by atoms with Gasteiger partial charge < -0.3 is 5.73 Å². The fourth-order valence-corrected chi connectivity index (χ4v) is 5.60. The van der Waals surface area contributed by atoms with E-state index in [4.69, 9.17) is 46.8 Å². The third-order valence-corrected chi connectivity index (χ3v) is 8.72. The first-order valence-electron chi connectivity index (χ1n) is 16.1. The molecule has 14 nitrogen and oxygen atoms in total. The summed E-state index contributed by atoms with van der Waals surface area (Å²) >= 11 is 10.6. The number of alkyl halides is 16. The van der Waals surface area contributed by atoms with Gasteiger partial charge in [-0.05, 0) is 18.2 Å². The van der Waals surface area contributed by atoms with Gasteiger partial charge in [0.2, 0.25) is 0 Å². The SMILES string of the molecule is Cn1nc(C(F)(F)C(F)(F)F)c(C(F)(F)F)c1-n1cc(-c2ccc(Cl)c(N)c2)nn1.Cn1nc(C(F)(F)C(F)(F)F)c(C(F)(F)F)c1-n1cc(-c2ccc(Cl)c([N+](=O)[O-])c2)nn1.[Cl][Sn][Cl]. The Kier molecular flexibility index (Phi) is 15.3. The Morgan fingerprint density at radius 1 is 0.631 bits per heavy atom. The van der Waals surface area contributed by atoms with Crippen LogP contribution in [0.4, 0.5) is 81.6 Å². The van der Waals surface area contributed by atoms with Crippen LogP contribution in [0.1, 0.15) is 22.5 Å². The summed E-state index contributed by atoms with van der Waals surface area (Å²) < 4.78 is 213. The van der Waals surface area contributed by atoms with Crippen LogP contribution in [-0.2, 0) is 38.3 Å². The van der Waals surface area contributed by atoms with Gasteiger partial charge in [0.05, 0.1) is 28.0 Å². The van der Waals surface area contributed by atoms with Crippen LogP contribution < -0.4 is 5.73 Å². The van der Waals surface area contributed by atoms with Crippen LogP contribution in [0.2, 0.25) is 10.0 Å². The van der Waals surface area contributed by atoms with Gasteiger partial charge in [0.15, 0.2) is 23.0 Å². The first-order chi connectivity index (χ1) is 29.6. The number of hydrogen-bond donors (Lipinski definition) is 1. The first kappa shape index (κ1) is 52.8. The summed E-state index contributed by atoms with van der Waals surface area (Å²) in [5, 5.41) is 30.3. The van der Waals surface area contributed by atoms with Crippen LogP contribution in [0, 0.1) is 10.1 Å². The third-order valence-electron chi connectivity index (χ3n) is 8.06. The number of aromatic nitrogens is 10. The molecule has 0 bridgehead atoms. The molecule has 0 spiro atoms. The van der Waals surface area contributed by atoms with Crippen molar-refractivity contribution in [3.05, 3.63) is 91.5 Å². The molecular formula is C30H16Cl4F16N12O2Sn. The molecule has 4 aromatic heterocycles. The number of nitrogens with zero attached hydrogens (tertiary/aromatic N) is 11. The standard InChI is InChI=1S/C15H7ClF8N6O2.C15H9ClF8N6.2ClH.Sn/c1-28-12(10(14(19,20)21)11(26-28)13(17,18)15(22,23)24)29-5-8(25-27-29)6-2-3-7(16)9(4-6)30(31)32;1-29-12(10(14(19,20)21)11(27-29)13(17,18)15(22,23)24)30-5-9(26-28-30)6-2-3-7(16)8(25)4-6;;;/h2-5H,1H3;2-5H,25H2,1H3;2*1H;/q;;;;+2/p-2. The Bertz CT molecular complexity index is 2690. The molecule has 0 unspecified atom stereocenters. The van der Waals surface area contributed by atoms with Gasteiger partial charge in [0.1, 0.15) is 27.5 Å². The summed E-state index contributed by atoms with van der Waals surface area (Å²) in [7, 11) is 11.3. The van der Waals surface area contributed by atoms with Crippen LogP contribution in [0.5, 0.6) is 0 Å². The number of rotatable bonds is 7. The Morgan fingerprint density at radius 2 is 0.985 bits per heavy atom. The Labute approximate surface area is 376 Å². The van der Waals surface area contributed by atoms with Gasteiger partial charge in [0, 0.05) is 31.3 Å². The van der Waals surface area contributed by atoms with Crippen LogP contribution in [0.25, 0.3) is 34.2 Å². The fraction of sp³-hybridized carbons (Fsp3) is 0.267. The number of nitro groups is 1. The molecule has 6 aromatic rings. The van der Waals surface area contributed by atoms with E-state index < -0.39 is 100 Å². The van der Waals surface area contributed by atoms with E-state index in [1.54, 1.807) is 0 Å². The number of halogens is 20. The van der Waals surface area contributed by atoms with Crippen molar-refractivity contribution in [2.75, 3.05) is 5.73 Å². The Morgan fingerprint density at radius 3 is 1.31 bits per heavy atom. The second-order valence-electron chi connectivity index (χ2n) is 12.3. The van der Waals surface area contributed by atoms with Crippen molar-refractivity contribution in [1.29, 1.82) is 0 Å². The number of benzene rings is 2. The molecular weight excluding hydrogens is 1120 g/mol. The van der Waals surface area contributed by atoms with E-state index >= 15 is 0 Å². The second-order valence-corrected chi connectivity index (χ2v) is 17.4. The van der Waals surface area contributed by atoms with E-state index in [-0.39, 0.29) is 52.3 Å². The summed E-state index contributed by atoms with van der Waals surface area (Å²) in [5.74, 6) is -14.2. The Balaban J connectivity index is 0.000000269. The number of nitrogens with two attached hydrogens (primary N) is 1. The van der Waals surface area contributed by atoms with Crippen molar-refractivity contribution >= 4 is 71.3 Å². The van der Waals surface area contributed by atoms with E-state index in [0.717, 1.165) is 31.6 Å². The monoisotopic (exact) mass is 1140 g/mol. The summed E-state index contributed by atoms with van der Waals surface area (Å²) in [6.07, 6.45) is -22.3. The molecule has 4 heterocycles. The zero-order chi connectivity index (χ0) is 49.6. The average molecular weight is 1140 g/mol. The molecule has 0 atom stereocenters. The summed E-state index contributed by atoms with van der Waals surface area (Å²) in [5.41, 5.74) is -4.62. The number of hydrogen-bond acceptors (Lipinski definition) is 9.